The Morgan fingerprint density at radius 3 is 2.38 bits per heavy atom. The highest BCUT2D eigenvalue weighted by Gasteiger charge is 2.25. The van der Waals surface area contributed by atoms with Gasteiger partial charge in [0.25, 0.3) is 0 Å². The van der Waals surface area contributed by atoms with Gasteiger partial charge in [-0.05, 0) is 30.7 Å². The van der Waals surface area contributed by atoms with Crippen LogP contribution >= 0.6 is 11.6 Å². The van der Waals surface area contributed by atoms with Gasteiger partial charge in [-0.25, -0.2) is 8.89 Å². The number of hydrogen-bond acceptors (Lipinski definition) is 4. The molecule has 0 spiro atoms. The molecule has 8 heteroatoms. The molecule has 3 aromatic rings. The molecule has 1 amide bonds. The maximum Gasteiger partial charge on any atom is 0.236 e. The summed E-state index contributed by atoms with van der Waals surface area (Å²) in [7, 11) is -1.50. The van der Waals surface area contributed by atoms with Crippen molar-refractivity contribution in [2.75, 3.05) is 6.26 Å². The molecule has 0 saturated heterocycles. The summed E-state index contributed by atoms with van der Waals surface area (Å²) < 4.78 is 15.5. The van der Waals surface area contributed by atoms with Gasteiger partial charge in [0.05, 0.1) is 17.8 Å². The summed E-state index contributed by atoms with van der Waals surface area (Å²) in [6, 6.07) is 14.8. The molecule has 29 heavy (non-hydrogen) atoms. The Bertz CT molecular complexity index is 1110. The number of para-hydroxylation sites is 1. The van der Waals surface area contributed by atoms with E-state index in [1.54, 1.807) is 16.8 Å². The number of nitrogens with zero attached hydrogens (tertiary/aromatic N) is 2. The molecule has 1 N–H and O–H groups in total. The minimum atomic E-state index is -1.50. The van der Waals surface area contributed by atoms with Crippen molar-refractivity contribution in [1.29, 1.82) is 0 Å². The van der Waals surface area contributed by atoms with E-state index >= 15 is 0 Å². The number of rotatable bonds is 6. The number of carbonyl (C=O) groups excluding carboxylic acids is 2. The number of nitrogens with one attached hydrogen (secondary N) is 1. The Labute approximate surface area is 176 Å². The first-order valence-electron chi connectivity index (χ1n) is 8.85. The van der Waals surface area contributed by atoms with Crippen LogP contribution in [-0.2, 0) is 22.2 Å². The zero-order valence-electron chi connectivity index (χ0n) is 16.2. The fraction of sp³-hybridized carbons (Fsp3) is 0.190. The third kappa shape index (κ3) is 4.63. The standard InChI is InChI=1S/C21H20ClN3O3S/c1-13-6-4-5-7-18(13)25-21(15-8-10-16(22)11-9-15)17(20(23-25)14(2)26)12-19(27)24-29(3)28/h4-11H,12H2,1-3H3,(H,24,27). The van der Waals surface area contributed by atoms with Crippen LogP contribution in [0.1, 0.15) is 28.5 Å². The van der Waals surface area contributed by atoms with E-state index in [4.69, 9.17) is 11.6 Å². The van der Waals surface area contributed by atoms with Crippen LogP contribution in [-0.4, -0.2) is 31.9 Å². The second-order valence-corrected chi connectivity index (χ2v) is 8.14. The van der Waals surface area contributed by atoms with Gasteiger partial charge in [-0.1, -0.05) is 41.9 Å². The van der Waals surface area contributed by atoms with E-state index in [1.807, 2.05) is 43.3 Å². The summed E-state index contributed by atoms with van der Waals surface area (Å²) in [5.41, 5.74) is 3.83. The van der Waals surface area contributed by atoms with Crippen LogP contribution in [0.5, 0.6) is 0 Å². The molecule has 1 aromatic heterocycles. The van der Waals surface area contributed by atoms with Crippen molar-refractivity contribution in [3.8, 4) is 16.9 Å². The summed E-state index contributed by atoms with van der Waals surface area (Å²) in [4.78, 5) is 24.7. The average Bonchev–Trinajstić information content (AvgIpc) is 3.01. The number of ketones is 1. The predicted octanol–water partition coefficient (Wildman–Crippen LogP) is 3.66. The molecule has 1 heterocycles. The third-order valence-corrected chi connectivity index (χ3v) is 5.14. The van der Waals surface area contributed by atoms with Gasteiger partial charge in [0.1, 0.15) is 16.7 Å². The number of halogens is 1. The molecule has 3 rings (SSSR count). The van der Waals surface area contributed by atoms with E-state index in [0.717, 1.165) is 16.8 Å². The fourth-order valence-corrected chi connectivity index (χ4v) is 3.66. The molecule has 0 aliphatic rings. The molecular weight excluding hydrogens is 410 g/mol. The van der Waals surface area contributed by atoms with Crippen molar-refractivity contribution in [2.24, 2.45) is 0 Å². The molecule has 2 aromatic carbocycles. The number of hydrogen-bond donors (Lipinski definition) is 1. The van der Waals surface area contributed by atoms with Gasteiger partial charge in [0.2, 0.25) is 5.91 Å². The number of benzene rings is 2. The van der Waals surface area contributed by atoms with E-state index in [-0.39, 0.29) is 17.9 Å². The van der Waals surface area contributed by atoms with Gasteiger partial charge in [-0.2, -0.15) is 5.10 Å². The van der Waals surface area contributed by atoms with Gasteiger partial charge in [0.15, 0.2) is 5.78 Å². The lowest BCUT2D eigenvalue weighted by atomic mass is 10.0. The highest BCUT2D eigenvalue weighted by atomic mass is 35.5. The first-order chi connectivity index (χ1) is 13.8. The Kier molecular flexibility index (Phi) is 6.30. The molecule has 0 radical (unpaired) electrons. The maximum absolute atomic E-state index is 12.4. The van der Waals surface area contributed by atoms with Crippen molar-refractivity contribution < 1.29 is 13.8 Å². The van der Waals surface area contributed by atoms with E-state index in [0.29, 0.717) is 16.3 Å². The van der Waals surface area contributed by atoms with Crippen molar-refractivity contribution in [3.05, 3.63) is 70.4 Å². The molecule has 0 bridgehead atoms. The number of aromatic nitrogens is 2. The lowest BCUT2D eigenvalue weighted by Gasteiger charge is -2.12. The van der Waals surface area contributed by atoms with Crippen LogP contribution in [0, 0.1) is 6.92 Å². The van der Waals surface area contributed by atoms with E-state index in [9.17, 15) is 13.8 Å². The number of Topliss-reactive ketones (excluding diaryl/α,β-unsaturated/α-hetero) is 1. The van der Waals surface area contributed by atoms with Gasteiger partial charge in [-0.3, -0.25) is 14.3 Å². The Morgan fingerprint density at radius 2 is 1.79 bits per heavy atom. The zero-order valence-corrected chi connectivity index (χ0v) is 17.8. The topological polar surface area (TPSA) is 81.1 Å². The van der Waals surface area contributed by atoms with E-state index in [2.05, 4.69) is 9.82 Å². The summed E-state index contributed by atoms with van der Waals surface area (Å²) in [5.74, 6) is -0.708. The highest BCUT2D eigenvalue weighted by molar-refractivity contribution is 7.82. The van der Waals surface area contributed by atoms with Gasteiger partial charge < -0.3 is 0 Å². The van der Waals surface area contributed by atoms with Crippen LogP contribution in [0.15, 0.2) is 48.5 Å². The van der Waals surface area contributed by atoms with Crippen molar-refractivity contribution in [1.82, 2.24) is 14.5 Å². The van der Waals surface area contributed by atoms with Crippen LogP contribution in [0.4, 0.5) is 0 Å². The number of aryl methyl sites for hydroxylation is 1. The quantitative estimate of drug-likeness (QED) is 0.606. The largest absolute Gasteiger partial charge is 0.293 e. The first-order valence-corrected chi connectivity index (χ1v) is 10.8. The fourth-order valence-electron chi connectivity index (χ4n) is 3.14. The normalized spacial score (nSPS) is 11.9. The van der Waals surface area contributed by atoms with Crippen LogP contribution < -0.4 is 4.72 Å². The third-order valence-electron chi connectivity index (χ3n) is 4.37. The minimum absolute atomic E-state index is 0.127. The second kappa shape index (κ2) is 8.71. The van der Waals surface area contributed by atoms with Crippen molar-refractivity contribution in [2.45, 2.75) is 20.3 Å². The second-order valence-electron chi connectivity index (χ2n) is 6.59. The first kappa shape index (κ1) is 21.0. The molecule has 0 saturated carbocycles. The molecule has 6 nitrogen and oxygen atoms in total. The Balaban J connectivity index is 2.28. The van der Waals surface area contributed by atoms with Crippen molar-refractivity contribution in [3.63, 3.8) is 0 Å². The lowest BCUT2D eigenvalue weighted by Crippen LogP contribution is -2.26. The van der Waals surface area contributed by atoms with Crippen LogP contribution in [0.25, 0.3) is 16.9 Å². The number of amides is 1. The summed E-state index contributed by atoms with van der Waals surface area (Å²) in [6.45, 7) is 3.36. The zero-order chi connectivity index (χ0) is 21.1. The van der Waals surface area contributed by atoms with Gasteiger partial charge in [0, 0.05) is 29.3 Å². The lowest BCUT2D eigenvalue weighted by molar-refractivity contribution is -0.118. The Hall–Kier alpha value is -2.77. The van der Waals surface area contributed by atoms with Crippen LogP contribution in [0.2, 0.25) is 5.02 Å². The summed E-state index contributed by atoms with van der Waals surface area (Å²) in [5, 5.41) is 5.12. The monoisotopic (exact) mass is 429 g/mol. The summed E-state index contributed by atoms with van der Waals surface area (Å²) in [6.07, 6.45) is 1.25. The molecule has 1 unspecified atom stereocenters. The van der Waals surface area contributed by atoms with Gasteiger partial charge >= 0.3 is 0 Å². The molecule has 1 atom stereocenters. The van der Waals surface area contributed by atoms with Crippen molar-refractivity contribution >= 4 is 34.3 Å². The molecular formula is C21H20ClN3O3S. The SMILES string of the molecule is CC(=O)c1nn(-c2ccccc2C)c(-c2ccc(Cl)cc2)c1CC(=O)NS(C)=O. The predicted molar refractivity (Wildman–Crippen MR) is 115 cm³/mol. The molecule has 0 aliphatic carbocycles. The smallest absolute Gasteiger partial charge is 0.236 e. The molecule has 0 aliphatic heterocycles. The maximum atomic E-state index is 12.4. The minimum Gasteiger partial charge on any atom is -0.293 e. The molecule has 0 fully saturated rings. The van der Waals surface area contributed by atoms with E-state index < -0.39 is 16.9 Å². The summed E-state index contributed by atoms with van der Waals surface area (Å²) >= 11 is 6.04. The average molecular weight is 430 g/mol. The van der Waals surface area contributed by atoms with Crippen LogP contribution in [0.3, 0.4) is 0 Å². The number of carbonyl (C=O) groups is 2. The highest BCUT2D eigenvalue weighted by Crippen LogP contribution is 2.32. The molecule has 150 valence electrons. The van der Waals surface area contributed by atoms with Gasteiger partial charge in [-0.15, -0.1) is 0 Å². The van der Waals surface area contributed by atoms with E-state index in [1.165, 1.54) is 13.2 Å². The Morgan fingerprint density at radius 1 is 1.14 bits per heavy atom.